The molecule has 0 saturated heterocycles. The number of hydrogen-bond donors (Lipinski definition) is 0. The van der Waals surface area contributed by atoms with E-state index in [4.69, 9.17) is 0 Å². The summed E-state index contributed by atoms with van der Waals surface area (Å²) in [5, 5.41) is 0. The Balaban J connectivity index is 3.10. The van der Waals surface area contributed by atoms with Gasteiger partial charge in [-0.1, -0.05) is 6.58 Å². The zero-order chi connectivity index (χ0) is 8.97. The van der Waals surface area contributed by atoms with Crippen molar-refractivity contribution in [2.24, 2.45) is 4.99 Å². The largest absolute Gasteiger partial charge is 0.288 e. The van der Waals surface area contributed by atoms with Gasteiger partial charge in [-0.2, -0.15) is 0 Å². The van der Waals surface area contributed by atoms with Gasteiger partial charge in [0.15, 0.2) is 0 Å². The van der Waals surface area contributed by atoms with Crippen LogP contribution in [0.25, 0.3) is 0 Å². The maximum absolute atomic E-state index is 12.6. The van der Waals surface area contributed by atoms with Gasteiger partial charge in [0.2, 0.25) is 0 Å². The van der Waals surface area contributed by atoms with E-state index in [1.807, 2.05) is 0 Å². The molecule has 1 aromatic rings. The molecule has 3 heteroatoms. The minimum Gasteiger partial charge on any atom is -0.288 e. The summed E-state index contributed by atoms with van der Waals surface area (Å²) in [5.74, 6) is -0.365. The summed E-state index contributed by atoms with van der Waals surface area (Å²) in [4.78, 5) is 7.61. The highest BCUT2D eigenvalue weighted by Crippen LogP contribution is 2.02. The number of nitrogens with zero attached hydrogens (tertiary/aromatic N) is 2. The summed E-state index contributed by atoms with van der Waals surface area (Å²) >= 11 is 0. The normalized spacial score (nSPS) is 11.3. The van der Waals surface area contributed by atoms with Gasteiger partial charge >= 0.3 is 0 Å². The molecule has 0 bridgehead atoms. The Morgan fingerprint density at radius 1 is 1.67 bits per heavy atom. The highest BCUT2D eigenvalue weighted by Gasteiger charge is 1.99. The molecule has 12 heavy (non-hydrogen) atoms. The summed E-state index contributed by atoms with van der Waals surface area (Å²) in [6.07, 6.45) is 4.27. The number of pyridine rings is 1. The second-order valence-electron chi connectivity index (χ2n) is 2.20. The third-order valence-electron chi connectivity index (χ3n) is 1.43. The number of halogens is 1. The number of hydrogen-bond acceptors (Lipinski definition) is 2. The van der Waals surface area contributed by atoms with E-state index in [1.54, 1.807) is 19.3 Å². The summed E-state index contributed by atoms with van der Waals surface area (Å²) in [6.45, 7) is 3.56. The molecule has 1 aromatic heterocycles. The van der Waals surface area contributed by atoms with E-state index < -0.39 is 0 Å². The molecule has 1 rings (SSSR count). The van der Waals surface area contributed by atoms with Crippen molar-refractivity contribution < 1.29 is 4.39 Å². The Hall–Kier alpha value is -1.51. The molecule has 0 amide bonds. The Kier molecular flexibility index (Phi) is 2.69. The minimum atomic E-state index is -0.365. The van der Waals surface area contributed by atoms with Crippen molar-refractivity contribution in [3.8, 4) is 0 Å². The quantitative estimate of drug-likeness (QED) is 0.612. The van der Waals surface area contributed by atoms with Gasteiger partial charge in [0.1, 0.15) is 5.82 Å². The predicted octanol–water partition coefficient (Wildman–Crippen LogP) is 1.83. The van der Waals surface area contributed by atoms with E-state index in [0.29, 0.717) is 11.3 Å². The summed E-state index contributed by atoms with van der Waals surface area (Å²) in [5.41, 5.74) is 1.29. The van der Waals surface area contributed by atoms with Gasteiger partial charge in [-0.15, -0.1) is 0 Å². The van der Waals surface area contributed by atoms with Crippen molar-refractivity contribution in [2.45, 2.75) is 0 Å². The van der Waals surface area contributed by atoms with Gasteiger partial charge in [0, 0.05) is 18.8 Å². The topological polar surface area (TPSA) is 25.2 Å². The van der Waals surface area contributed by atoms with Crippen LogP contribution in [-0.2, 0) is 0 Å². The molecule has 0 fully saturated rings. The first-order chi connectivity index (χ1) is 5.77. The molecule has 0 aliphatic carbocycles. The van der Waals surface area contributed by atoms with Gasteiger partial charge < -0.3 is 0 Å². The number of aliphatic imine (C=N–C) groups is 1. The fourth-order valence-corrected chi connectivity index (χ4v) is 0.890. The fraction of sp³-hybridized carbons (Fsp3) is 0.111. The van der Waals surface area contributed by atoms with Crippen molar-refractivity contribution in [2.75, 3.05) is 7.05 Å². The Bertz CT molecular complexity index is 318. The van der Waals surface area contributed by atoms with E-state index in [-0.39, 0.29) is 5.82 Å². The molecule has 1 heterocycles. The average Bonchev–Trinajstić information content (AvgIpc) is 2.07. The zero-order valence-corrected chi connectivity index (χ0v) is 6.79. The molecule has 0 saturated carbocycles. The lowest BCUT2D eigenvalue weighted by molar-refractivity contribution is 0.621. The van der Waals surface area contributed by atoms with Gasteiger partial charge in [-0.3, -0.25) is 9.98 Å². The zero-order valence-electron chi connectivity index (χ0n) is 6.79. The summed E-state index contributed by atoms with van der Waals surface area (Å²) in [6, 6.07) is 1.37. The number of aromatic nitrogens is 1. The lowest BCUT2D eigenvalue weighted by Crippen LogP contribution is -1.97. The first-order valence-corrected chi connectivity index (χ1v) is 3.48. The Morgan fingerprint density at radius 3 is 2.92 bits per heavy atom. The molecular formula is C9H9FN2. The molecule has 0 atom stereocenters. The smallest absolute Gasteiger partial charge is 0.142 e. The first kappa shape index (κ1) is 8.59. The highest BCUT2D eigenvalue weighted by atomic mass is 19.1. The molecule has 0 aliphatic rings. The van der Waals surface area contributed by atoms with E-state index >= 15 is 0 Å². The summed E-state index contributed by atoms with van der Waals surface area (Å²) in [7, 11) is 1.63. The number of rotatable bonds is 2. The predicted molar refractivity (Wildman–Crippen MR) is 46.9 cm³/mol. The third kappa shape index (κ3) is 1.75. The van der Waals surface area contributed by atoms with Crippen LogP contribution in [0.3, 0.4) is 0 Å². The molecule has 0 radical (unpaired) electrons. The van der Waals surface area contributed by atoms with Crippen LogP contribution in [0.2, 0.25) is 0 Å². The van der Waals surface area contributed by atoms with E-state index in [0.717, 1.165) is 6.20 Å². The lowest BCUT2D eigenvalue weighted by atomic mass is 10.2. The van der Waals surface area contributed by atoms with Gasteiger partial charge in [-0.05, 0) is 12.1 Å². The van der Waals surface area contributed by atoms with Crippen LogP contribution in [0.4, 0.5) is 4.39 Å². The van der Waals surface area contributed by atoms with Crippen LogP contribution >= 0.6 is 0 Å². The van der Waals surface area contributed by atoms with Crippen LogP contribution in [0.1, 0.15) is 5.56 Å². The van der Waals surface area contributed by atoms with E-state index in [9.17, 15) is 4.39 Å². The standard InChI is InChI=1S/C9H9FN2/c1-3-9(11-2)7-4-8(10)6-12-5-7/h3-6H,1H2,2H3. The summed E-state index contributed by atoms with van der Waals surface area (Å²) < 4.78 is 12.6. The van der Waals surface area contributed by atoms with Crippen LogP contribution in [0.5, 0.6) is 0 Å². The van der Waals surface area contributed by atoms with Gasteiger partial charge in [-0.25, -0.2) is 4.39 Å². The van der Waals surface area contributed by atoms with Crippen molar-refractivity contribution in [3.63, 3.8) is 0 Å². The van der Waals surface area contributed by atoms with E-state index in [1.165, 1.54) is 6.07 Å². The Morgan fingerprint density at radius 2 is 2.42 bits per heavy atom. The second-order valence-corrected chi connectivity index (χ2v) is 2.20. The third-order valence-corrected chi connectivity index (χ3v) is 1.43. The molecular weight excluding hydrogens is 155 g/mol. The van der Waals surface area contributed by atoms with Crippen LogP contribution in [0, 0.1) is 5.82 Å². The van der Waals surface area contributed by atoms with Crippen molar-refractivity contribution in [1.29, 1.82) is 0 Å². The van der Waals surface area contributed by atoms with Crippen LogP contribution in [0.15, 0.2) is 36.1 Å². The monoisotopic (exact) mass is 164 g/mol. The fourth-order valence-electron chi connectivity index (χ4n) is 0.890. The maximum atomic E-state index is 12.6. The molecule has 2 nitrogen and oxygen atoms in total. The van der Waals surface area contributed by atoms with Crippen molar-refractivity contribution >= 4 is 5.71 Å². The maximum Gasteiger partial charge on any atom is 0.142 e. The lowest BCUT2D eigenvalue weighted by Gasteiger charge is -1.98. The molecule has 0 N–H and O–H groups in total. The van der Waals surface area contributed by atoms with Gasteiger partial charge in [0.25, 0.3) is 0 Å². The van der Waals surface area contributed by atoms with Gasteiger partial charge in [0.05, 0.1) is 11.9 Å². The van der Waals surface area contributed by atoms with Crippen LogP contribution in [-0.4, -0.2) is 17.7 Å². The SMILES string of the molecule is C=CC(=NC)c1cncc(F)c1. The molecule has 0 unspecified atom stereocenters. The number of allylic oxidation sites excluding steroid dienone is 1. The Labute approximate surface area is 70.5 Å². The minimum absolute atomic E-state index is 0.365. The second kappa shape index (κ2) is 3.76. The molecule has 0 aromatic carbocycles. The first-order valence-electron chi connectivity index (χ1n) is 3.48. The molecule has 62 valence electrons. The van der Waals surface area contributed by atoms with Crippen molar-refractivity contribution in [1.82, 2.24) is 4.98 Å². The van der Waals surface area contributed by atoms with Crippen molar-refractivity contribution in [3.05, 3.63) is 42.5 Å². The molecule has 0 aliphatic heterocycles. The van der Waals surface area contributed by atoms with E-state index in [2.05, 4.69) is 16.6 Å². The average molecular weight is 164 g/mol. The highest BCUT2D eigenvalue weighted by molar-refractivity contribution is 6.08. The molecule has 0 spiro atoms. The van der Waals surface area contributed by atoms with Crippen LogP contribution < -0.4 is 0 Å².